The molecule has 33 heavy (non-hydrogen) atoms. The van der Waals surface area contributed by atoms with Gasteiger partial charge in [-0.2, -0.15) is 0 Å². The normalized spacial score (nSPS) is 14.2. The smallest absolute Gasteiger partial charge is 0.282 e. The molecular formula is C27H25FN2O3. The minimum absolute atomic E-state index is 0.0170. The fourth-order valence-electron chi connectivity index (χ4n) is 3.76. The van der Waals surface area contributed by atoms with Gasteiger partial charge in [0, 0.05) is 5.69 Å². The summed E-state index contributed by atoms with van der Waals surface area (Å²) in [6.07, 6.45) is 0. The van der Waals surface area contributed by atoms with Gasteiger partial charge in [0.25, 0.3) is 11.8 Å². The number of nitrogens with one attached hydrogen (secondary N) is 1. The third kappa shape index (κ3) is 4.24. The van der Waals surface area contributed by atoms with Gasteiger partial charge in [0.2, 0.25) is 0 Å². The van der Waals surface area contributed by atoms with Crippen LogP contribution in [0.3, 0.4) is 0 Å². The van der Waals surface area contributed by atoms with Crippen molar-refractivity contribution in [2.75, 3.05) is 17.3 Å². The van der Waals surface area contributed by atoms with Crippen LogP contribution in [-0.4, -0.2) is 18.9 Å². The lowest BCUT2D eigenvalue weighted by atomic mass is 9.87. The molecule has 0 aliphatic carbocycles. The summed E-state index contributed by atoms with van der Waals surface area (Å²) in [4.78, 5) is 28.1. The van der Waals surface area contributed by atoms with Crippen molar-refractivity contribution in [3.05, 3.63) is 95.4 Å². The fourth-order valence-corrected chi connectivity index (χ4v) is 3.76. The van der Waals surface area contributed by atoms with Crippen molar-refractivity contribution in [3.63, 3.8) is 0 Å². The Hall–Kier alpha value is -3.93. The van der Waals surface area contributed by atoms with Crippen LogP contribution < -0.4 is 15.0 Å². The summed E-state index contributed by atoms with van der Waals surface area (Å²) < 4.78 is 18.9. The zero-order valence-corrected chi connectivity index (χ0v) is 19.0. The van der Waals surface area contributed by atoms with Crippen molar-refractivity contribution < 1.29 is 18.7 Å². The van der Waals surface area contributed by atoms with Crippen molar-refractivity contribution in [2.45, 2.75) is 26.2 Å². The Balaban J connectivity index is 1.79. The first-order chi connectivity index (χ1) is 15.7. The first-order valence-electron chi connectivity index (χ1n) is 10.6. The van der Waals surface area contributed by atoms with Crippen LogP contribution in [-0.2, 0) is 15.0 Å². The van der Waals surface area contributed by atoms with Crippen LogP contribution in [0.1, 0.15) is 31.9 Å². The van der Waals surface area contributed by atoms with E-state index in [4.69, 9.17) is 4.74 Å². The first kappa shape index (κ1) is 22.3. The number of benzene rings is 3. The first-order valence-corrected chi connectivity index (χ1v) is 10.6. The van der Waals surface area contributed by atoms with Gasteiger partial charge in [-0.1, -0.05) is 57.2 Å². The van der Waals surface area contributed by atoms with Crippen LogP contribution in [0.4, 0.5) is 15.8 Å². The van der Waals surface area contributed by atoms with Gasteiger partial charge in [-0.05, 0) is 52.9 Å². The number of hydrogen-bond acceptors (Lipinski definition) is 4. The van der Waals surface area contributed by atoms with Crippen molar-refractivity contribution in [1.82, 2.24) is 0 Å². The molecular weight excluding hydrogens is 419 g/mol. The Bertz CT molecular complexity index is 1240. The lowest BCUT2D eigenvalue weighted by Gasteiger charge is -2.20. The van der Waals surface area contributed by atoms with Crippen LogP contribution in [0.15, 0.2) is 78.5 Å². The second-order valence-electron chi connectivity index (χ2n) is 8.83. The van der Waals surface area contributed by atoms with E-state index in [1.165, 1.54) is 31.4 Å². The second-order valence-corrected chi connectivity index (χ2v) is 8.83. The summed E-state index contributed by atoms with van der Waals surface area (Å²) >= 11 is 0. The Kier molecular flexibility index (Phi) is 5.77. The highest BCUT2D eigenvalue weighted by atomic mass is 19.1. The Morgan fingerprint density at radius 1 is 0.848 bits per heavy atom. The number of halogens is 1. The zero-order valence-electron chi connectivity index (χ0n) is 19.0. The predicted molar refractivity (Wildman–Crippen MR) is 128 cm³/mol. The van der Waals surface area contributed by atoms with Gasteiger partial charge >= 0.3 is 0 Å². The van der Waals surface area contributed by atoms with Gasteiger partial charge in [-0.15, -0.1) is 0 Å². The molecule has 0 aromatic heterocycles. The van der Waals surface area contributed by atoms with E-state index >= 15 is 0 Å². The van der Waals surface area contributed by atoms with Crippen molar-refractivity contribution in [1.29, 1.82) is 0 Å². The Morgan fingerprint density at radius 2 is 1.48 bits per heavy atom. The number of rotatable bonds is 5. The van der Waals surface area contributed by atoms with Crippen molar-refractivity contribution in [3.8, 4) is 5.75 Å². The van der Waals surface area contributed by atoms with E-state index in [9.17, 15) is 14.0 Å². The van der Waals surface area contributed by atoms with Gasteiger partial charge in [-0.25, -0.2) is 9.29 Å². The molecule has 0 bridgehead atoms. The molecule has 3 aromatic rings. The molecule has 168 valence electrons. The molecule has 1 aliphatic rings. The van der Waals surface area contributed by atoms with E-state index in [2.05, 4.69) is 26.1 Å². The molecule has 1 aliphatic heterocycles. The van der Waals surface area contributed by atoms with E-state index in [0.717, 1.165) is 10.5 Å². The SMILES string of the molecule is COc1ccccc1N1C(=O)C(Nc2ccc(C(C)(C)C)cc2)=C(c2ccc(F)cc2)C1=O. The summed E-state index contributed by atoms with van der Waals surface area (Å²) in [6.45, 7) is 6.36. The number of imide groups is 1. The molecule has 1 N–H and O–H groups in total. The lowest BCUT2D eigenvalue weighted by Crippen LogP contribution is -2.32. The minimum Gasteiger partial charge on any atom is -0.495 e. The number of amides is 2. The molecule has 2 amide bonds. The zero-order chi connectivity index (χ0) is 23.8. The predicted octanol–water partition coefficient (Wildman–Crippen LogP) is 5.53. The summed E-state index contributed by atoms with van der Waals surface area (Å²) in [5.41, 5.74) is 2.88. The molecule has 0 fully saturated rings. The summed E-state index contributed by atoms with van der Waals surface area (Å²) in [5, 5.41) is 3.13. The van der Waals surface area contributed by atoms with Gasteiger partial charge < -0.3 is 10.1 Å². The number of anilines is 2. The number of hydrogen-bond donors (Lipinski definition) is 1. The van der Waals surface area contributed by atoms with Gasteiger partial charge in [0.15, 0.2) is 0 Å². The lowest BCUT2D eigenvalue weighted by molar-refractivity contribution is -0.120. The number of para-hydroxylation sites is 2. The van der Waals surface area contributed by atoms with Crippen molar-refractivity contribution >= 4 is 28.8 Å². The maximum atomic E-state index is 13.6. The highest BCUT2D eigenvalue weighted by Gasteiger charge is 2.41. The molecule has 0 spiro atoms. The van der Waals surface area contributed by atoms with Crippen molar-refractivity contribution in [2.24, 2.45) is 0 Å². The minimum atomic E-state index is -0.510. The number of nitrogens with zero attached hydrogens (tertiary/aromatic N) is 1. The van der Waals surface area contributed by atoms with E-state index in [1.54, 1.807) is 24.3 Å². The van der Waals surface area contributed by atoms with Crippen LogP contribution in [0, 0.1) is 5.82 Å². The maximum absolute atomic E-state index is 13.6. The third-order valence-electron chi connectivity index (χ3n) is 5.56. The second kappa shape index (κ2) is 8.54. The van der Waals surface area contributed by atoms with Gasteiger partial charge in [-0.3, -0.25) is 9.59 Å². The molecule has 3 aromatic carbocycles. The van der Waals surface area contributed by atoms with Crippen LogP contribution >= 0.6 is 0 Å². The van der Waals surface area contributed by atoms with Crippen LogP contribution in [0.5, 0.6) is 5.75 Å². The van der Waals surface area contributed by atoms with E-state index < -0.39 is 17.6 Å². The fraction of sp³-hybridized carbons (Fsp3) is 0.185. The van der Waals surface area contributed by atoms with E-state index in [-0.39, 0.29) is 16.7 Å². The molecule has 6 heteroatoms. The summed E-state index contributed by atoms with van der Waals surface area (Å²) in [5.74, 6) is -1.05. The molecule has 0 radical (unpaired) electrons. The molecule has 0 saturated heterocycles. The molecule has 0 atom stereocenters. The summed E-state index contributed by atoms with van der Waals surface area (Å²) in [6, 6.07) is 20.1. The third-order valence-corrected chi connectivity index (χ3v) is 5.56. The Labute approximate surface area is 192 Å². The topological polar surface area (TPSA) is 58.6 Å². The monoisotopic (exact) mass is 444 g/mol. The molecule has 0 saturated carbocycles. The largest absolute Gasteiger partial charge is 0.495 e. The standard InChI is InChI=1S/C27H25FN2O3/c1-27(2,3)18-11-15-20(16-12-18)29-24-23(17-9-13-19(28)14-10-17)25(31)30(26(24)32)21-7-5-6-8-22(21)33-4/h5-16,29H,1-4H3. The van der Waals surface area contributed by atoms with E-state index in [0.29, 0.717) is 22.7 Å². The highest BCUT2D eigenvalue weighted by molar-refractivity contribution is 6.46. The molecule has 4 rings (SSSR count). The average molecular weight is 445 g/mol. The number of methoxy groups -OCH3 is 1. The summed E-state index contributed by atoms with van der Waals surface area (Å²) in [7, 11) is 1.48. The number of carbonyl (C=O) groups excluding carboxylic acids is 2. The van der Waals surface area contributed by atoms with Crippen LogP contribution in [0.2, 0.25) is 0 Å². The molecule has 1 heterocycles. The van der Waals surface area contributed by atoms with E-state index in [1.807, 2.05) is 24.3 Å². The average Bonchev–Trinajstić information content (AvgIpc) is 3.03. The van der Waals surface area contributed by atoms with Crippen LogP contribution in [0.25, 0.3) is 5.57 Å². The Morgan fingerprint density at radius 3 is 2.09 bits per heavy atom. The quantitative estimate of drug-likeness (QED) is 0.526. The molecule has 0 unspecified atom stereocenters. The molecule has 5 nitrogen and oxygen atoms in total. The number of carbonyl (C=O) groups is 2. The van der Waals surface area contributed by atoms with Gasteiger partial charge in [0.1, 0.15) is 17.3 Å². The maximum Gasteiger partial charge on any atom is 0.282 e. The highest BCUT2D eigenvalue weighted by Crippen LogP contribution is 2.38. The number of ether oxygens (including phenoxy) is 1. The van der Waals surface area contributed by atoms with Gasteiger partial charge in [0.05, 0.1) is 18.4 Å².